The highest BCUT2D eigenvalue weighted by atomic mass is 16.5. The number of aromatic nitrogens is 2. The van der Waals surface area contributed by atoms with Crippen LogP contribution in [0.2, 0.25) is 0 Å². The molecular formula is C17H23N5O2. The number of hydrogen-bond donors (Lipinski definition) is 2. The van der Waals surface area contributed by atoms with Crippen LogP contribution in [0.15, 0.2) is 36.7 Å². The lowest BCUT2D eigenvalue weighted by Gasteiger charge is -2.11. The van der Waals surface area contributed by atoms with Crippen LogP contribution in [0, 0.1) is 0 Å². The Balaban J connectivity index is 1.96. The molecule has 0 saturated heterocycles. The van der Waals surface area contributed by atoms with E-state index in [1.807, 2.05) is 32.3 Å². The Labute approximate surface area is 142 Å². The number of hydrogen-bond acceptors (Lipinski definition) is 7. The van der Waals surface area contributed by atoms with Gasteiger partial charge < -0.3 is 20.3 Å². The summed E-state index contributed by atoms with van der Waals surface area (Å²) in [6.07, 6.45) is 1.51. The summed E-state index contributed by atoms with van der Waals surface area (Å²) in [5, 5.41) is 6.43. The molecule has 0 saturated carbocycles. The number of esters is 1. The second-order valence-electron chi connectivity index (χ2n) is 5.44. The zero-order chi connectivity index (χ0) is 17.4. The van der Waals surface area contributed by atoms with E-state index in [0.29, 0.717) is 18.0 Å². The molecule has 0 aliphatic heterocycles. The van der Waals surface area contributed by atoms with Crippen molar-refractivity contribution in [2.75, 3.05) is 44.4 Å². The first kappa shape index (κ1) is 17.7. The molecule has 2 aromatic rings. The van der Waals surface area contributed by atoms with Crippen LogP contribution in [0.5, 0.6) is 0 Å². The number of anilines is 3. The second-order valence-corrected chi connectivity index (χ2v) is 5.44. The van der Waals surface area contributed by atoms with Gasteiger partial charge in [-0.05, 0) is 45.3 Å². The summed E-state index contributed by atoms with van der Waals surface area (Å²) in [5.74, 6) is 1.12. The van der Waals surface area contributed by atoms with Crippen molar-refractivity contribution in [2.24, 2.45) is 0 Å². The predicted molar refractivity (Wildman–Crippen MR) is 94.8 cm³/mol. The first-order chi connectivity index (χ1) is 11.6. The van der Waals surface area contributed by atoms with E-state index in [1.165, 1.54) is 6.33 Å². The zero-order valence-electron chi connectivity index (χ0n) is 14.2. The largest absolute Gasteiger partial charge is 0.462 e. The molecule has 1 aromatic heterocycles. The average Bonchev–Trinajstić information content (AvgIpc) is 2.56. The summed E-state index contributed by atoms with van der Waals surface area (Å²) in [6, 6.07) is 8.91. The van der Waals surface area contributed by atoms with Crippen molar-refractivity contribution in [3.05, 3.63) is 42.2 Å². The van der Waals surface area contributed by atoms with Crippen LogP contribution < -0.4 is 10.6 Å². The molecule has 1 aromatic carbocycles. The number of benzene rings is 1. The maximum Gasteiger partial charge on any atom is 0.338 e. The van der Waals surface area contributed by atoms with Crippen LogP contribution >= 0.6 is 0 Å². The Kier molecular flexibility index (Phi) is 6.51. The molecule has 0 fully saturated rings. The van der Waals surface area contributed by atoms with Gasteiger partial charge in [0.15, 0.2) is 0 Å². The molecule has 0 spiro atoms. The average molecular weight is 329 g/mol. The van der Waals surface area contributed by atoms with Crippen molar-refractivity contribution in [1.29, 1.82) is 0 Å². The lowest BCUT2D eigenvalue weighted by Crippen LogP contribution is -2.21. The molecule has 128 valence electrons. The van der Waals surface area contributed by atoms with Crippen molar-refractivity contribution in [2.45, 2.75) is 6.92 Å². The predicted octanol–water partition coefficient (Wildman–Crippen LogP) is 2.37. The molecule has 0 bridgehead atoms. The number of ether oxygens (including phenoxy) is 1. The molecule has 0 aliphatic carbocycles. The molecule has 0 atom stereocenters. The van der Waals surface area contributed by atoms with E-state index in [-0.39, 0.29) is 5.97 Å². The summed E-state index contributed by atoms with van der Waals surface area (Å²) in [4.78, 5) is 22.1. The third-order valence-electron chi connectivity index (χ3n) is 3.20. The Hall–Kier alpha value is -2.67. The smallest absolute Gasteiger partial charge is 0.338 e. The SMILES string of the molecule is CCOC(=O)c1ccc(Nc2cc(NCCN(C)C)ncn2)cc1. The fraction of sp³-hybridized carbons (Fsp3) is 0.353. The van der Waals surface area contributed by atoms with Gasteiger partial charge in [0.2, 0.25) is 0 Å². The van der Waals surface area contributed by atoms with Crippen LogP contribution in [0.1, 0.15) is 17.3 Å². The molecule has 0 amide bonds. The van der Waals surface area contributed by atoms with E-state index in [1.54, 1.807) is 19.1 Å². The Morgan fingerprint density at radius 2 is 1.88 bits per heavy atom. The highest BCUT2D eigenvalue weighted by molar-refractivity contribution is 5.89. The number of nitrogens with one attached hydrogen (secondary N) is 2. The third kappa shape index (κ3) is 5.51. The molecule has 2 rings (SSSR count). The van der Waals surface area contributed by atoms with Crippen molar-refractivity contribution < 1.29 is 9.53 Å². The molecule has 24 heavy (non-hydrogen) atoms. The van der Waals surface area contributed by atoms with E-state index >= 15 is 0 Å². The topological polar surface area (TPSA) is 79.4 Å². The third-order valence-corrected chi connectivity index (χ3v) is 3.20. The van der Waals surface area contributed by atoms with Gasteiger partial charge in [-0.15, -0.1) is 0 Å². The Morgan fingerprint density at radius 1 is 1.17 bits per heavy atom. The lowest BCUT2D eigenvalue weighted by molar-refractivity contribution is 0.0526. The monoisotopic (exact) mass is 329 g/mol. The van der Waals surface area contributed by atoms with Crippen LogP contribution in [0.3, 0.4) is 0 Å². The molecule has 0 radical (unpaired) electrons. The minimum atomic E-state index is -0.321. The molecule has 2 N–H and O–H groups in total. The summed E-state index contributed by atoms with van der Waals surface area (Å²) in [7, 11) is 4.04. The molecule has 0 unspecified atom stereocenters. The first-order valence-electron chi connectivity index (χ1n) is 7.83. The van der Waals surface area contributed by atoms with Gasteiger partial charge in [-0.3, -0.25) is 0 Å². The maximum atomic E-state index is 11.6. The normalized spacial score (nSPS) is 10.5. The van der Waals surface area contributed by atoms with E-state index in [9.17, 15) is 4.79 Å². The Morgan fingerprint density at radius 3 is 2.54 bits per heavy atom. The first-order valence-corrected chi connectivity index (χ1v) is 7.83. The van der Waals surface area contributed by atoms with Crippen molar-refractivity contribution in [3.8, 4) is 0 Å². The molecule has 7 heteroatoms. The molecule has 7 nitrogen and oxygen atoms in total. The summed E-state index contributed by atoms with van der Waals surface area (Å²) >= 11 is 0. The van der Waals surface area contributed by atoms with Crippen LogP contribution in [-0.2, 0) is 4.74 Å². The number of rotatable bonds is 8. The van der Waals surface area contributed by atoms with Gasteiger partial charge in [0.05, 0.1) is 12.2 Å². The van der Waals surface area contributed by atoms with Gasteiger partial charge in [0.1, 0.15) is 18.0 Å². The second kappa shape index (κ2) is 8.83. The van der Waals surface area contributed by atoms with Crippen LogP contribution in [0.25, 0.3) is 0 Å². The number of carbonyl (C=O) groups is 1. The number of likely N-dealkylation sites (N-methyl/N-ethyl adjacent to an activating group) is 1. The van der Waals surface area contributed by atoms with Crippen LogP contribution in [-0.4, -0.2) is 54.6 Å². The van der Waals surface area contributed by atoms with E-state index in [0.717, 1.165) is 24.6 Å². The zero-order valence-corrected chi connectivity index (χ0v) is 14.2. The molecular weight excluding hydrogens is 306 g/mol. The van der Waals surface area contributed by atoms with Gasteiger partial charge in [-0.2, -0.15) is 0 Å². The van der Waals surface area contributed by atoms with Crippen LogP contribution in [0.4, 0.5) is 17.3 Å². The van der Waals surface area contributed by atoms with Crippen molar-refractivity contribution in [3.63, 3.8) is 0 Å². The van der Waals surface area contributed by atoms with Gasteiger partial charge in [-0.1, -0.05) is 0 Å². The van der Waals surface area contributed by atoms with Crippen molar-refractivity contribution >= 4 is 23.3 Å². The highest BCUT2D eigenvalue weighted by Crippen LogP contribution is 2.17. The lowest BCUT2D eigenvalue weighted by atomic mass is 10.2. The van der Waals surface area contributed by atoms with Gasteiger partial charge in [0.25, 0.3) is 0 Å². The quantitative estimate of drug-likeness (QED) is 0.720. The molecule has 1 heterocycles. The number of nitrogens with zero attached hydrogens (tertiary/aromatic N) is 3. The van der Waals surface area contributed by atoms with Gasteiger partial charge >= 0.3 is 5.97 Å². The number of carbonyl (C=O) groups excluding carboxylic acids is 1. The standard InChI is InChI=1S/C17H23N5O2/c1-4-24-17(23)13-5-7-14(8-6-13)21-16-11-15(19-12-20-16)18-9-10-22(2)3/h5-8,11-12H,4,9-10H2,1-3H3,(H2,18,19,20,21). The van der Waals surface area contributed by atoms with E-state index in [4.69, 9.17) is 4.74 Å². The fourth-order valence-corrected chi connectivity index (χ4v) is 1.98. The maximum absolute atomic E-state index is 11.6. The summed E-state index contributed by atoms with van der Waals surface area (Å²) in [6.45, 7) is 3.87. The summed E-state index contributed by atoms with van der Waals surface area (Å²) in [5.41, 5.74) is 1.36. The summed E-state index contributed by atoms with van der Waals surface area (Å²) < 4.78 is 4.96. The van der Waals surface area contributed by atoms with Gasteiger partial charge in [0, 0.05) is 24.8 Å². The van der Waals surface area contributed by atoms with Gasteiger partial charge in [-0.25, -0.2) is 14.8 Å². The van der Waals surface area contributed by atoms with Crippen molar-refractivity contribution in [1.82, 2.24) is 14.9 Å². The van der Waals surface area contributed by atoms with E-state index < -0.39 is 0 Å². The fourth-order valence-electron chi connectivity index (χ4n) is 1.98. The Bertz CT molecular complexity index is 658. The van der Waals surface area contributed by atoms with E-state index in [2.05, 4.69) is 25.5 Å². The highest BCUT2D eigenvalue weighted by Gasteiger charge is 2.06. The molecule has 0 aliphatic rings. The minimum Gasteiger partial charge on any atom is -0.462 e. The minimum absolute atomic E-state index is 0.321.